The first-order chi connectivity index (χ1) is 37.2. The van der Waals surface area contributed by atoms with Crippen LogP contribution in [0, 0.1) is 0 Å². The summed E-state index contributed by atoms with van der Waals surface area (Å²) in [5, 5.41) is 9.83. The van der Waals surface area contributed by atoms with Crippen LogP contribution < -0.4 is 0 Å². The molecule has 3 unspecified atom stereocenters. The normalized spacial score (nSPS) is 13.6. The third-order valence-electron chi connectivity index (χ3n) is 13.7. The fourth-order valence-electron chi connectivity index (χ4n) is 8.89. The van der Waals surface area contributed by atoms with E-state index in [1.54, 1.807) is 0 Å². The highest BCUT2D eigenvalue weighted by molar-refractivity contribution is 7.47. The Labute approximate surface area is 466 Å². The summed E-state index contributed by atoms with van der Waals surface area (Å²) in [6.45, 7) is 4.63. The number of allylic oxidation sites excluding steroid dienone is 8. The molecule has 3 atom stereocenters. The number of carbonyl (C=O) groups is 3. The summed E-state index contributed by atoms with van der Waals surface area (Å²) in [4.78, 5) is 48.7. The number of unbranched alkanes of at least 4 members (excludes halogenated alkanes) is 34. The Balaban J connectivity index is 4.71. The molecule has 2 N–H and O–H groups in total. The molecule has 0 aliphatic heterocycles. The van der Waals surface area contributed by atoms with Gasteiger partial charge in [-0.3, -0.25) is 23.4 Å². The molecule has 0 fully saturated rings. The average Bonchev–Trinajstić information content (AvgIpc) is 3.41. The summed E-state index contributed by atoms with van der Waals surface area (Å²) < 4.78 is 39.6. The summed E-state index contributed by atoms with van der Waals surface area (Å²) >= 11 is 0. The summed E-state index contributed by atoms with van der Waals surface area (Å²) in [6, 6.07) is 0. The highest BCUT2D eigenvalue weighted by atomic mass is 31.2. The van der Waals surface area contributed by atoms with E-state index in [4.69, 9.17) is 23.3 Å². The minimum absolute atomic E-state index is 0.168. The number of hydrogen-bond acceptors (Lipinski definition) is 10. The number of aliphatic hydroxyl groups is 1. The fraction of sp³-hybridized carbons (Fsp3) is 0.828. The number of aliphatic hydroxyl groups excluding tert-OH is 1. The van der Waals surface area contributed by atoms with E-state index < -0.39 is 57.8 Å². The van der Waals surface area contributed by atoms with Crippen molar-refractivity contribution in [2.24, 2.45) is 0 Å². The largest absolute Gasteiger partial charge is 0.472 e. The van der Waals surface area contributed by atoms with Gasteiger partial charge in [0.25, 0.3) is 0 Å². The molecule has 444 valence electrons. The van der Waals surface area contributed by atoms with Crippen LogP contribution in [-0.2, 0) is 42.2 Å². The van der Waals surface area contributed by atoms with E-state index in [1.165, 1.54) is 135 Å². The van der Waals surface area contributed by atoms with Crippen molar-refractivity contribution < 1.29 is 52.2 Å². The second-order valence-corrected chi connectivity index (χ2v) is 22.7. The first-order valence-corrected chi connectivity index (χ1v) is 33.0. The standard InChI is InChI=1S/C64H117O11P/c1-4-7-10-13-16-19-22-25-27-29-30-32-33-36-38-41-44-47-50-53-62(66)71-57-61(75-64(68)55-52-49-46-43-40-37-34-31-28-26-23-20-17-14-11-8-5-2)59-73-76(69,70)72-58-60(56-65)74-63(67)54-51-48-45-42-39-35-24-21-18-15-12-9-6-3/h16,19,21,24-25,27,30,32,60-61,65H,4-15,17-18,20,22-23,26,28-29,31,33-59H2,1-3H3,(H,69,70)/b19-16-,24-21-,27-25-,32-30-. The van der Waals surface area contributed by atoms with E-state index in [1.807, 2.05) is 0 Å². The van der Waals surface area contributed by atoms with Gasteiger partial charge in [-0.1, -0.05) is 249 Å². The van der Waals surface area contributed by atoms with Gasteiger partial charge >= 0.3 is 25.7 Å². The van der Waals surface area contributed by atoms with Crippen LogP contribution in [0.4, 0.5) is 0 Å². The second kappa shape index (κ2) is 58.6. The lowest BCUT2D eigenvalue weighted by Crippen LogP contribution is -2.30. The lowest BCUT2D eigenvalue weighted by atomic mass is 10.0. The first-order valence-electron chi connectivity index (χ1n) is 31.5. The van der Waals surface area contributed by atoms with E-state index in [9.17, 15) is 28.9 Å². The molecule has 0 heterocycles. The van der Waals surface area contributed by atoms with E-state index in [2.05, 4.69) is 69.4 Å². The third-order valence-corrected chi connectivity index (χ3v) is 14.7. The molecule has 76 heavy (non-hydrogen) atoms. The summed E-state index contributed by atoms with van der Waals surface area (Å²) in [6.07, 6.45) is 63.4. The predicted octanol–water partition coefficient (Wildman–Crippen LogP) is 18.9. The quantitative estimate of drug-likeness (QED) is 0.0197. The molecule has 12 heteroatoms. The highest BCUT2D eigenvalue weighted by Gasteiger charge is 2.28. The predicted molar refractivity (Wildman–Crippen MR) is 316 cm³/mol. The maximum absolute atomic E-state index is 12.9. The molecule has 0 saturated carbocycles. The van der Waals surface area contributed by atoms with Gasteiger partial charge in [-0.15, -0.1) is 0 Å². The highest BCUT2D eigenvalue weighted by Crippen LogP contribution is 2.43. The Bertz CT molecular complexity index is 1460. The van der Waals surface area contributed by atoms with Gasteiger partial charge in [-0.2, -0.15) is 0 Å². The van der Waals surface area contributed by atoms with Crippen LogP contribution in [0.5, 0.6) is 0 Å². The number of phosphoric acid groups is 1. The van der Waals surface area contributed by atoms with E-state index in [0.29, 0.717) is 19.3 Å². The zero-order valence-electron chi connectivity index (χ0n) is 49.2. The van der Waals surface area contributed by atoms with Crippen LogP contribution in [0.3, 0.4) is 0 Å². The van der Waals surface area contributed by atoms with Gasteiger partial charge in [0.1, 0.15) is 12.7 Å². The molecule has 0 aliphatic rings. The van der Waals surface area contributed by atoms with E-state index in [0.717, 1.165) is 109 Å². The Morgan fingerprint density at radius 2 is 0.645 bits per heavy atom. The first kappa shape index (κ1) is 73.4. The van der Waals surface area contributed by atoms with E-state index in [-0.39, 0.29) is 25.9 Å². The molecule has 0 rings (SSSR count). The van der Waals surface area contributed by atoms with Gasteiger partial charge in [-0.05, 0) is 83.5 Å². The number of hydrogen-bond donors (Lipinski definition) is 2. The van der Waals surface area contributed by atoms with Gasteiger partial charge in [0.15, 0.2) is 6.10 Å². The Morgan fingerprint density at radius 1 is 0.368 bits per heavy atom. The molecule has 0 spiro atoms. The van der Waals surface area contributed by atoms with Crippen LogP contribution in [0.15, 0.2) is 48.6 Å². The molecule has 0 aliphatic carbocycles. The van der Waals surface area contributed by atoms with Crippen molar-refractivity contribution in [2.75, 3.05) is 26.4 Å². The van der Waals surface area contributed by atoms with Crippen LogP contribution in [-0.4, -0.2) is 66.5 Å². The molecule has 0 saturated heterocycles. The molecule has 11 nitrogen and oxygen atoms in total. The second-order valence-electron chi connectivity index (χ2n) is 21.2. The molecule has 0 aromatic rings. The zero-order valence-corrected chi connectivity index (χ0v) is 50.1. The smallest absolute Gasteiger partial charge is 0.462 e. The van der Waals surface area contributed by atoms with Gasteiger partial charge in [0.05, 0.1) is 19.8 Å². The van der Waals surface area contributed by atoms with Crippen molar-refractivity contribution in [2.45, 2.75) is 315 Å². The molecule has 0 aromatic heterocycles. The van der Waals surface area contributed by atoms with Crippen molar-refractivity contribution in [1.82, 2.24) is 0 Å². The number of phosphoric ester groups is 1. The zero-order chi connectivity index (χ0) is 55.5. The van der Waals surface area contributed by atoms with Crippen LogP contribution in [0.2, 0.25) is 0 Å². The van der Waals surface area contributed by atoms with Crippen molar-refractivity contribution in [1.29, 1.82) is 0 Å². The van der Waals surface area contributed by atoms with Crippen molar-refractivity contribution in [3.05, 3.63) is 48.6 Å². The Morgan fingerprint density at radius 3 is 1.04 bits per heavy atom. The SMILES string of the molecule is CCCCC/C=C\C/C=C\C/C=C\CCCCCCCCC(=O)OCC(COP(=O)(O)OCC(CO)OC(=O)CCCCCCC/C=C\CCCCCC)OC(=O)CCCCCCCCCCCCCCCCCCC. The molecule has 0 bridgehead atoms. The molecular weight excluding hydrogens is 976 g/mol. The fourth-order valence-corrected chi connectivity index (χ4v) is 9.67. The molecule has 0 radical (unpaired) electrons. The number of esters is 3. The summed E-state index contributed by atoms with van der Waals surface area (Å²) in [5.74, 6) is -1.47. The number of carbonyl (C=O) groups excluding carboxylic acids is 3. The van der Waals surface area contributed by atoms with Crippen molar-refractivity contribution in [3.8, 4) is 0 Å². The number of ether oxygens (including phenoxy) is 3. The molecule has 0 amide bonds. The minimum atomic E-state index is -4.75. The van der Waals surface area contributed by atoms with Crippen molar-refractivity contribution >= 4 is 25.7 Å². The Hall–Kier alpha value is -2.56. The monoisotopic (exact) mass is 1090 g/mol. The maximum atomic E-state index is 12.9. The van der Waals surface area contributed by atoms with Crippen LogP contribution in [0.25, 0.3) is 0 Å². The van der Waals surface area contributed by atoms with E-state index >= 15 is 0 Å². The van der Waals surface area contributed by atoms with Crippen LogP contribution in [0.1, 0.15) is 303 Å². The van der Waals surface area contributed by atoms with Gasteiger partial charge in [0.2, 0.25) is 0 Å². The third kappa shape index (κ3) is 56.2. The summed E-state index contributed by atoms with van der Waals surface area (Å²) in [5.41, 5.74) is 0. The van der Waals surface area contributed by atoms with Crippen molar-refractivity contribution in [3.63, 3.8) is 0 Å². The lowest BCUT2D eigenvalue weighted by molar-refractivity contribution is -0.161. The molecule has 0 aromatic carbocycles. The topological polar surface area (TPSA) is 155 Å². The summed E-state index contributed by atoms with van der Waals surface area (Å²) in [7, 11) is -4.75. The van der Waals surface area contributed by atoms with Gasteiger partial charge in [0, 0.05) is 19.3 Å². The lowest BCUT2D eigenvalue weighted by Gasteiger charge is -2.21. The maximum Gasteiger partial charge on any atom is 0.472 e. The van der Waals surface area contributed by atoms with Gasteiger partial charge in [-0.25, -0.2) is 4.57 Å². The average molecular weight is 1090 g/mol. The minimum Gasteiger partial charge on any atom is -0.462 e. The van der Waals surface area contributed by atoms with Gasteiger partial charge < -0.3 is 24.2 Å². The number of rotatable bonds is 59. The molecular formula is C64H117O11P. The Kier molecular flexibility index (Phi) is 56.6. The van der Waals surface area contributed by atoms with Crippen LogP contribution >= 0.6 is 7.82 Å².